The molecule has 1 unspecified atom stereocenters. The third-order valence-corrected chi connectivity index (χ3v) is 2.64. The summed E-state index contributed by atoms with van der Waals surface area (Å²) >= 11 is 0. The molecular formula is C15H16FN. The third kappa shape index (κ3) is 3.14. The molecule has 2 N–H and O–H groups in total. The van der Waals surface area contributed by atoms with Crippen LogP contribution in [0.1, 0.15) is 12.5 Å². The van der Waals surface area contributed by atoms with E-state index < -0.39 is 0 Å². The molecule has 0 aliphatic rings. The van der Waals surface area contributed by atoms with Crippen LogP contribution >= 0.6 is 0 Å². The third-order valence-electron chi connectivity index (χ3n) is 2.64. The van der Waals surface area contributed by atoms with Crippen LogP contribution in [0.5, 0.6) is 0 Å². The summed E-state index contributed by atoms with van der Waals surface area (Å²) in [6.07, 6.45) is 0.836. The van der Waals surface area contributed by atoms with E-state index in [4.69, 9.17) is 5.73 Å². The van der Waals surface area contributed by atoms with E-state index in [-0.39, 0.29) is 11.9 Å². The summed E-state index contributed by atoms with van der Waals surface area (Å²) in [4.78, 5) is 0. The van der Waals surface area contributed by atoms with Crippen molar-refractivity contribution >= 4 is 0 Å². The van der Waals surface area contributed by atoms with E-state index in [0.29, 0.717) is 0 Å². The van der Waals surface area contributed by atoms with Gasteiger partial charge in [-0.2, -0.15) is 0 Å². The Morgan fingerprint density at radius 3 is 2.35 bits per heavy atom. The molecule has 0 saturated carbocycles. The van der Waals surface area contributed by atoms with Crippen LogP contribution in [0.2, 0.25) is 0 Å². The largest absolute Gasteiger partial charge is 0.328 e. The smallest absolute Gasteiger partial charge is 0.123 e. The lowest BCUT2D eigenvalue weighted by atomic mass is 10.00. The van der Waals surface area contributed by atoms with Gasteiger partial charge in [0.2, 0.25) is 0 Å². The molecule has 0 fully saturated rings. The first-order chi connectivity index (χ1) is 8.15. The molecule has 88 valence electrons. The van der Waals surface area contributed by atoms with Gasteiger partial charge in [0.05, 0.1) is 0 Å². The van der Waals surface area contributed by atoms with Crippen LogP contribution in [0.15, 0.2) is 48.5 Å². The number of benzene rings is 2. The van der Waals surface area contributed by atoms with Gasteiger partial charge in [-0.1, -0.05) is 36.4 Å². The molecule has 0 heterocycles. The van der Waals surface area contributed by atoms with Crippen molar-refractivity contribution in [3.63, 3.8) is 0 Å². The molecule has 0 bridgehead atoms. The number of halogens is 1. The molecule has 0 amide bonds. The molecule has 0 spiro atoms. The lowest BCUT2D eigenvalue weighted by Gasteiger charge is -2.08. The van der Waals surface area contributed by atoms with Gasteiger partial charge in [-0.25, -0.2) is 4.39 Å². The van der Waals surface area contributed by atoms with Crippen LogP contribution in [0.4, 0.5) is 4.39 Å². The maximum absolute atomic E-state index is 13.1. The second-order valence-electron chi connectivity index (χ2n) is 4.39. The van der Waals surface area contributed by atoms with Crippen LogP contribution in [0.25, 0.3) is 11.1 Å². The van der Waals surface area contributed by atoms with Crippen LogP contribution < -0.4 is 5.73 Å². The van der Waals surface area contributed by atoms with Gasteiger partial charge < -0.3 is 5.73 Å². The molecule has 2 rings (SSSR count). The number of hydrogen-bond acceptors (Lipinski definition) is 1. The molecule has 2 heteroatoms. The SMILES string of the molecule is CC(N)Cc1cccc(-c2cccc(F)c2)c1. The van der Waals surface area contributed by atoms with Crippen LogP contribution in [0.3, 0.4) is 0 Å². The Balaban J connectivity index is 2.33. The summed E-state index contributed by atoms with van der Waals surface area (Å²) in [5, 5.41) is 0. The zero-order valence-electron chi connectivity index (χ0n) is 9.86. The van der Waals surface area contributed by atoms with E-state index >= 15 is 0 Å². The number of hydrogen-bond donors (Lipinski definition) is 1. The maximum atomic E-state index is 13.1. The van der Waals surface area contributed by atoms with Crippen LogP contribution in [-0.2, 0) is 6.42 Å². The Hall–Kier alpha value is -1.67. The summed E-state index contributed by atoms with van der Waals surface area (Å²) in [5.74, 6) is -0.208. The van der Waals surface area contributed by atoms with Gasteiger partial charge in [-0.05, 0) is 42.2 Å². The summed E-state index contributed by atoms with van der Waals surface area (Å²) < 4.78 is 13.1. The van der Waals surface area contributed by atoms with Gasteiger partial charge in [0, 0.05) is 6.04 Å². The van der Waals surface area contributed by atoms with Gasteiger partial charge in [-0.15, -0.1) is 0 Å². The lowest BCUT2D eigenvalue weighted by Crippen LogP contribution is -2.17. The van der Waals surface area contributed by atoms with E-state index in [0.717, 1.165) is 17.5 Å². The monoisotopic (exact) mass is 229 g/mol. The Morgan fingerprint density at radius 1 is 1.06 bits per heavy atom. The zero-order valence-corrected chi connectivity index (χ0v) is 9.86. The number of rotatable bonds is 3. The molecular weight excluding hydrogens is 213 g/mol. The molecule has 0 radical (unpaired) electrons. The van der Waals surface area contributed by atoms with Crippen molar-refractivity contribution in [2.24, 2.45) is 5.73 Å². The minimum Gasteiger partial charge on any atom is -0.328 e. The first kappa shape index (κ1) is 11.8. The predicted molar refractivity (Wildman–Crippen MR) is 69.2 cm³/mol. The fourth-order valence-electron chi connectivity index (χ4n) is 1.92. The van der Waals surface area contributed by atoms with E-state index in [2.05, 4.69) is 6.07 Å². The van der Waals surface area contributed by atoms with Gasteiger partial charge >= 0.3 is 0 Å². The summed E-state index contributed by atoms with van der Waals surface area (Å²) in [6.45, 7) is 1.98. The quantitative estimate of drug-likeness (QED) is 0.857. The van der Waals surface area contributed by atoms with E-state index in [1.807, 2.05) is 31.2 Å². The van der Waals surface area contributed by atoms with Crippen LogP contribution in [-0.4, -0.2) is 6.04 Å². The lowest BCUT2D eigenvalue weighted by molar-refractivity contribution is 0.628. The molecule has 0 aromatic heterocycles. The van der Waals surface area contributed by atoms with Gasteiger partial charge in [0.25, 0.3) is 0 Å². The van der Waals surface area contributed by atoms with Gasteiger partial charge in [-0.3, -0.25) is 0 Å². The zero-order chi connectivity index (χ0) is 12.3. The number of nitrogens with two attached hydrogens (primary N) is 1. The van der Waals surface area contributed by atoms with Crippen molar-refractivity contribution in [3.8, 4) is 11.1 Å². The normalized spacial score (nSPS) is 12.4. The Kier molecular flexibility index (Phi) is 3.55. The molecule has 0 aliphatic heterocycles. The molecule has 1 atom stereocenters. The molecule has 2 aromatic rings. The minimum absolute atomic E-state index is 0.137. The highest BCUT2D eigenvalue weighted by atomic mass is 19.1. The highest BCUT2D eigenvalue weighted by molar-refractivity contribution is 5.64. The Bertz CT molecular complexity index is 506. The topological polar surface area (TPSA) is 26.0 Å². The average molecular weight is 229 g/mol. The summed E-state index contributed by atoms with van der Waals surface area (Å²) in [7, 11) is 0. The summed E-state index contributed by atoms with van der Waals surface area (Å²) in [6, 6.07) is 14.9. The molecule has 17 heavy (non-hydrogen) atoms. The van der Waals surface area contributed by atoms with Gasteiger partial charge in [0.15, 0.2) is 0 Å². The standard InChI is InChI=1S/C15H16FN/c1-11(17)8-12-4-2-5-13(9-12)14-6-3-7-15(16)10-14/h2-7,9-11H,8,17H2,1H3. The molecule has 1 nitrogen and oxygen atoms in total. The first-order valence-electron chi connectivity index (χ1n) is 5.75. The van der Waals surface area contributed by atoms with Crippen molar-refractivity contribution in [1.29, 1.82) is 0 Å². The fraction of sp³-hybridized carbons (Fsp3) is 0.200. The minimum atomic E-state index is -0.208. The van der Waals surface area contributed by atoms with E-state index in [1.54, 1.807) is 12.1 Å². The maximum Gasteiger partial charge on any atom is 0.123 e. The van der Waals surface area contributed by atoms with Crippen molar-refractivity contribution in [2.45, 2.75) is 19.4 Å². The second-order valence-corrected chi connectivity index (χ2v) is 4.39. The van der Waals surface area contributed by atoms with Crippen molar-refractivity contribution in [2.75, 3.05) is 0 Å². The highest BCUT2D eigenvalue weighted by Crippen LogP contribution is 2.21. The Morgan fingerprint density at radius 2 is 1.71 bits per heavy atom. The van der Waals surface area contributed by atoms with Crippen LogP contribution in [0, 0.1) is 5.82 Å². The average Bonchev–Trinajstić information content (AvgIpc) is 2.28. The van der Waals surface area contributed by atoms with Gasteiger partial charge in [0.1, 0.15) is 5.82 Å². The van der Waals surface area contributed by atoms with E-state index in [1.165, 1.54) is 11.6 Å². The molecule has 0 saturated heterocycles. The molecule has 2 aromatic carbocycles. The Labute approximate surface area is 101 Å². The van der Waals surface area contributed by atoms with E-state index in [9.17, 15) is 4.39 Å². The van der Waals surface area contributed by atoms with Crippen molar-refractivity contribution in [1.82, 2.24) is 0 Å². The van der Waals surface area contributed by atoms with Crippen molar-refractivity contribution < 1.29 is 4.39 Å². The second kappa shape index (κ2) is 5.11. The first-order valence-corrected chi connectivity index (χ1v) is 5.75. The fourth-order valence-corrected chi connectivity index (χ4v) is 1.92. The highest BCUT2D eigenvalue weighted by Gasteiger charge is 2.02. The van der Waals surface area contributed by atoms with Crippen molar-refractivity contribution in [3.05, 3.63) is 59.9 Å². The molecule has 0 aliphatic carbocycles. The predicted octanol–water partition coefficient (Wildman–Crippen LogP) is 3.38. The summed E-state index contributed by atoms with van der Waals surface area (Å²) in [5.41, 5.74) is 8.89.